The van der Waals surface area contributed by atoms with Gasteiger partial charge in [-0.3, -0.25) is 5.43 Å². The number of aryl methyl sites for hydroxylation is 1. The van der Waals surface area contributed by atoms with Gasteiger partial charge in [0.1, 0.15) is 0 Å². The summed E-state index contributed by atoms with van der Waals surface area (Å²) in [6, 6.07) is 20.8. The minimum atomic E-state index is 0.463. The number of nitrogens with one attached hydrogen (secondary N) is 2. The maximum absolute atomic E-state index is 5.32. The van der Waals surface area contributed by atoms with Crippen LogP contribution in [0.2, 0.25) is 0 Å². The Morgan fingerprint density at radius 3 is 2.61 bits per heavy atom. The van der Waals surface area contributed by atoms with Gasteiger partial charge >= 0.3 is 0 Å². The molecule has 0 saturated carbocycles. The van der Waals surface area contributed by atoms with Gasteiger partial charge in [0, 0.05) is 18.4 Å². The highest BCUT2D eigenvalue weighted by atomic mass is 32.1. The van der Waals surface area contributed by atoms with E-state index >= 15 is 0 Å². The molecular formula is C23H26N4S. The van der Waals surface area contributed by atoms with E-state index in [2.05, 4.69) is 83.8 Å². The Morgan fingerprint density at radius 2 is 1.89 bits per heavy atom. The fraction of sp³-hybridized carbons (Fsp3) is 0.217. The van der Waals surface area contributed by atoms with Gasteiger partial charge in [0.2, 0.25) is 0 Å². The Morgan fingerprint density at radius 1 is 1.11 bits per heavy atom. The van der Waals surface area contributed by atoms with E-state index < -0.39 is 0 Å². The number of hydrogen-bond donors (Lipinski definition) is 2. The molecule has 0 bridgehead atoms. The van der Waals surface area contributed by atoms with E-state index in [9.17, 15) is 0 Å². The van der Waals surface area contributed by atoms with Crippen LogP contribution in [-0.2, 0) is 6.54 Å². The molecule has 28 heavy (non-hydrogen) atoms. The average molecular weight is 391 g/mol. The Hall–Kier alpha value is -2.92. The summed E-state index contributed by atoms with van der Waals surface area (Å²) in [5, 5.41) is 7.89. The second kappa shape index (κ2) is 9.33. The first-order chi connectivity index (χ1) is 13.5. The van der Waals surface area contributed by atoms with Crippen LogP contribution in [0.3, 0.4) is 0 Å². The molecule has 0 saturated heterocycles. The highest BCUT2D eigenvalue weighted by Gasteiger charge is 2.02. The zero-order valence-corrected chi connectivity index (χ0v) is 17.3. The summed E-state index contributed by atoms with van der Waals surface area (Å²) in [5.41, 5.74) is 8.67. The molecule has 0 atom stereocenters. The van der Waals surface area contributed by atoms with Crippen LogP contribution >= 0.6 is 12.2 Å². The summed E-state index contributed by atoms with van der Waals surface area (Å²) in [6.45, 7) is 7.27. The highest BCUT2D eigenvalue weighted by molar-refractivity contribution is 7.80. The number of benzene rings is 2. The smallest absolute Gasteiger partial charge is 0.191 e. The lowest BCUT2D eigenvalue weighted by Gasteiger charge is -2.10. The van der Waals surface area contributed by atoms with E-state index in [1.807, 2.05) is 24.3 Å². The fourth-order valence-electron chi connectivity index (χ4n) is 2.96. The number of thiocarbonyl (C=S) groups is 1. The zero-order valence-electron chi connectivity index (χ0n) is 16.5. The molecule has 2 aromatic carbocycles. The maximum atomic E-state index is 5.32. The monoisotopic (exact) mass is 390 g/mol. The molecule has 0 fully saturated rings. The summed E-state index contributed by atoms with van der Waals surface area (Å²) >= 11 is 5.32. The minimum absolute atomic E-state index is 0.463. The first-order valence-corrected chi connectivity index (χ1v) is 9.83. The van der Waals surface area contributed by atoms with Crippen molar-refractivity contribution in [3.8, 4) is 0 Å². The molecule has 3 aromatic rings. The predicted octanol–water partition coefficient (Wildman–Crippen LogP) is 5.29. The average Bonchev–Trinajstić information content (AvgIpc) is 3.09. The molecular weight excluding hydrogens is 364 g/mol. The fourth-order valence-corrected chi connectivity index (χ4v) is 3.13. The Kier molecular flexibility index (Phi) is 6.61. The summed E-state index contributed by atoms with van der Waals surface area (Å²) in [6.07, 6.45) is 3.84. The predicted molar refractivity (Wildman–Crippen MR) is 122 cm³/mol. The Balaban J connectivity index is 1.56. The number of nitrogens with zero attached hydrogens (tertiary/aromatic N) is 2. The van der Waals surface area contributed by atoms with Crippen LogP contribution in [0.4, 0.5) is 5.69 Å². The topological polar surface area (TPSA) is 41.4 Å². The molecule has 144 valence electrons. The summed E-state index contributed by atoms with van der Waals surface area (Å²) in [7, 11) is 0. The van der Waals surface area contributed by atoms with E-state index in [0.717, 1.165) is 17.9 Å². The maximum Gasteiger partial charge on any atom is 0.191 e. The quantitative estimate of drug-likeness (QED) is 0.341. The molecule has 0 unspecified atom stereocenters. The van der Waals surface area contributed by atoms with Gasteiger partial charge in [-0.2, -0.15) is 5.10 Å². The van der Waals surface area contributed by atoms with Crippen LogP contribution in [0, 0.1) is 6.92 Å². The van der Waals surface area contributed by atoms with E-state index in [4.69, 9.17) is 12.2 Å². The van der Waals surface area contributed by atoms with Crippen LogP contribution in [0.5, 0.6) is 0 Å². The standard InChI is InChI=1S/C23H26N4S/c1-17(2)20-9-11-21(12-10-20)25-23(28)26-24-15-22-8-5-13-27(22)16-19-7-4-6-18(3)14-19/h4-15,17H,16H2,1-3H3,(H2,25,26,28)/b24-15+. The molecule has 0 amide bonds. The SMILES string of the molecule is Cc1cccc(Cn2cccc2/C=N/NC(=S)Nc2ccc(C(C)C)cc2)c1. The molecule has 1 aromatic heterocycles. The Bertz CT molecular complexity index is 955. The van der Waals surface area contributed by atoms with E-state index in [1.54, 1.807) is 6.21 Å². The molecule has 0 aliphatic rings. The number of anilines is 1. The van der Waals surface area contributed by atoms with Crippen LogP contribution in [0.1, 0.15) is 42.1 Å². The van der Waals surface area contributed by atoms with Crippen LogP contribution in [0.15, 0.2) is 72.0 Å². The van der Waals surface area contributed by atoms with Crippen molar-refractivity contribution in [1.82, 2.24) is 9.99 Å². The van der Waals surface area contributed by atoms with Gasteiger partial charge in [-0.25, -0.2) is 0 Å². The van der Waals surface area contributed by atoms with Gasteiger partial charge in [0.15, 0.2) is 5.11 Å². The van der Waals surface area contributed by atoms with Gasteiger partial charge in [0.05, 0.1) is 11.9 Å². The molecule has 0 spiro atoms. The lowest BCUT2D eigenvalue weighted by molar-refractivity contribution is 0.798. The van der Waals surface area contributed by atoms with Crippen molar-refractivity contribution >= 4 is 29.2 Å². The van der Waals surface area contributed by atoms with Crippen molar-refractivity contribution in [2.45, 2.75) is 33.2 Å². The third kappa shape index (κ3) is 5.54. The number of aromatic nitrogens is 1. The van der Waals surface area contributed by atoms with Gasteiger partial charge in [-0.05, 0) is 60.5 Å². The first-order valence-electron chi connectivity index (χ1n) is 9.42. The summed E-state index contributed by atoms with van der Waals surface area (Å²) < 4.78 is 2.15. The van der Waals surface area contributed by atoms with Crippen molar-refractivity contribution in [1.29, 1.82) is 0 Å². The first kappa shape index (κ1) is 19.8. The lowest BCUT2D eigenvalue weighted by atomic mass is 10.0. The molecule has 0 aliphatic carbocycles. The van der Waals surface area contributed by atoms with Gasteiger partial charge < -0.3 is 9.88 Å². The number of hydrazone groups is 1. The zero-order chi connectivity index (χ0) is 19.9. The van der Waals surface area contributed by atoms with Crippen molar-refractivity contribution in [3.63, 3.8) is 0 Å². The Labute approximate surface area is 172 Å². The van der Waals surface area contributed by atoms with Crippen molar-refractivity contribution in [2.75, 3.05) is 5.32 Å². The molecule has 5 heteroatoms. The molecule has 2 N–H and O–H groups in total. The highest BCUT2D eigenvalue weighted by Crippen LogP contribution is 2.17. The van der Waals surface area contributed by atoms with Gasteiger partial charge in [-0.15, -0.1) is 0 Å². The van der Waals surface area contributed by atoms with Crippen molar-refractivity contribution in [3.05, 3.63) is 89.2 Å². The molecule has 1 heterocycles. The number of hydrogen-bond acceptors (Lipinski definition) is 2. The third-order valence-corrected chi connectivity index (χ3v) is 4.69. The van der Waals surface area contributed by atoms with Gasteiger partial charge in [0.25, 0.3) is 0 Å². The van der Waals surface area contributed by atoms with E-state index in [-0.39, 0.29) is 0 Å². The van der Waals surface area contributed by atoms with E-state index in [1.165, 1.54) is 16.7 Å². The number of rotatable bonds is 6. The second-order valence-electron chi connectivity index (χ2n) is 7.15. The lowest BCUT2D eigenvalue weighted by Crippen LogP contribution is -2.24. The van der Waals surface area contributed by atoms with Crippen LogP contribution < -0.4 is 10.7 Å². The normalized spacial score (nSPS) is 11.1. The largest absolute Gasteiger partial charge is 0.342 e. The molecule has 0 radical (unpaired) electrons. The van der Waals surface area contributed by atoms with Gasteiger partial charge in [-0.1, -0.05) is 55.8 Å². The van der Waals surface area contributed by atoms with E-state index in [0.29, 0.717) is 11.0 Å². The van der Waals surface area contributed by atoms with Crippen LogP contribution in [0.25, 0.3) is 0 Å². The van der Waals surface area contributed by atoms with Crippen molar-refractivity contribution in [2.24, 2.45) is 5.10 Å². The third-order valence-electron chi connectivity index (χ3n) is 4.50. The van der Waals surface area contributed by atoms with Crippen molar-refractivity contribution < 1.29 is 0 Å². The molecule has 4 nitrogen and oxygen atoms in total. The molecule has 0 aliphatic heterocycles. The summed E-state index contributed by atoms with van der Waals surface area (Å²) in [4.78, 5) is 0. The summed E-state index contributed by atoms with van der Waals surface area (Å²) in [5.74, 6) is 0.514. The second-order valence-corrected chi connectivity index (χ2v) is 7.56. The minimum Gasteiger partial charge on any atom is -0.342 e. The molecule has 3 rings (SSSR count). The van der Waals surface area contributed by atoms with Crippen LogP contribution in [-0.4, -0.2) is 15.9 Å².